The zero-order valence-corrected chi connectivity index (χ0v) is 14.1. The third-order valence-corrected chi connectivity index (χ3v) is 4.90. The Balaban J connectivity index is 2.04. The molecule has 1 unspecified atom stereocenters. The lowest BCUT2D eigenvalue weighted by Gasteiger charge is -2.24. The Hall–Kier alpha value is -0.940. The third kappa shape index (κ3) is 4.51. The molecule has 1 atom stereocenters. The van der Waals surface area contributed by atoms with Crippen LogP contribution in [0, 0.1) is 16.0 Å². The molecule has 5 heteroatoms. The summed E-state index contributed by atoms with van der Waals surface area (Å²) in [6, 6.07) is 5.86. The summed E-state index contributed by atoms with van der Waals surface area (Å²) < 4.78 is 0.761. The predicted octanol–water partition coefficient (Wildman–Crippen LogP) is 4.46. The molecule has 1 aliphatic rings. The van der Waals surface area contributed by atoms with E-state index in [1.54, 1.807) is 6.07 Å². The van der Waals surface area contributed by atoms with Crippen molar-refractivity contribution in [2.75, 3.05) is 6.54 Å². The lowest BCUT2D eigenvalue weighted by atomic mass is 9.92. The molecule has 116 valence electrons. The van der Waals surface area contributed by atoms with Gasteiger partial charge in [0.15, 0.2) is 0 Å². The van der Waals surface area contributed by atoms with E-state index in [9.17, 15) is 10.1 Å². The maximum atomic E-state index is 11.2. The zero-order chi connectivity index (χ0) is 15.2. The molecule has 0 heterocycles. The first kappa shape index (κ1) is 16.4. The second-order valence-corrected chi connectivity index (χ2v) is 6.69. The van der Waals surface area contributed by atoms with Crippen molar-refractivity contribution in [3.8, 4) is 0 Å². The lowest BCUT2D eigenvalue weighted by molar-refractivity contribution is -0.385. The maximum Gasteiger partial charge on any atom is 0.273 e. The van der Waals surface area contributed by atoms with Crippen molar-refractivity contribution in [2.24, 2.45) is 5.92 Å². The lowest BCUT2D eigenvalue weighted by Crippen LogP contribution is -2.35. The van der Waals surface area contributed by atoms with Crippen molar-refractivity contribution >= 4 is 21.6 Å². The minimum absolute atomic E-state index is 0.228. The summed E-state index contributed by atoms with van der Waals surface area (Å²) in [4.78, 5) is 10.9. The fourth-order valence-corrected chi connectivity index (χ4v) is 3.70. The van der Waals surface area contributed by atoms with Gasteiger partial charge >= 0.3 is 0 Å². The van der Waals surface area contributed by atoms with Crippen LogP contribution in [-0.4, -0.2) is 17.5 Å². The highest BCUT2D eigenvalue weighted by Gasteiger charge is 2.25. The van der Waals surface area contributed by atoms with E-state index in [1.165, 1.54) is 25.7 Å². The molecule has 0 saturated heterocycles. The minimum atomic E-state index is -0.280. The van der Waals surface area contributed by atoms with Gasteiger partial charge in [0, 0.05) is 22.1 Å². The quantitative estimate of drug-likeness (QED) is 0.580. The van der Waals surface area contributed by atoms with Gasteiger partial charge in [-0.3, -0.25) is 10.1 Å². The van der Waals surface area contributed by atoms with Crippen molar-refractivity contribution in [2.45, 2.75) is 51.5 Å². The summed E-state index contributed by atoms with van der Waals surface area (Å²) >= 11 is 3.31. The van der Waals surface area contributed by atoms with Crippen molar-refractivity contribution in [1.82, 2.24) is 5.32 Å². The zero-order valence-electron chi connectivity index (χ0n) is 12.5. The summed E-state index contributed by atoms with van der Waals surface area (Å²) in [6.45, 7) is 3.09. The molecule has 1 aromatic carbocycles. The first-order valence-corrected chi connectivity index (χ1v) is 8.57. The number of nitrogens with one attached hydrogen (secondary N) is 1. The van der Waals surface area contributed by atoms with E-state index >= 15 is 0 Å². The van der Waals surface area contributed by atoms with Crippen molar-refractivity contribution in [3.63, 3.8) is 0 Å². The van der Waals surface area contributed by atoms with Crippen LogP contribution in [0.4, 0.5) is 5.69 Å². The summed E-state index contributed by atoms with van der Waals surface area (Å²) in [5.41, 5.74) is 1.06. The number of halogens is 1. The smallest absolute Gasteiger partial charge is 0.273 e. The van der Waals surface area contributed by atoms with Gasteiger partial charge in [0.2, 0.25) is 0 Å². The number of rotatable bonds is 7. The molecule has 0 aliphatic heterocycles. The molecule has 4 nitrogen and oxygen atoms in total. The Bertz CT molecular complexity index is 487. The Kier molecular flexibility index (Phi) is 6.18. The van der Waals surface area contributed by atoms with E-state index < -0.39 is 0 Å². The first-order chi connectivity index (χ1) is 10.1. The van der Waals surface area contributed by atoms with Crippen LogP contribution in [-0.2, 0) is 6.42 Å². The maximum absolute atomic E-state index is 11.2. The predicted molar refractivity (Wildman–Crippen MR) is 88.5 cm³/mol. The molecule has 2 rings (SSSR count). The molecule has 21 heavy (non-hydrogen) atoms. The van der Waals surface area contributed by atoms with Gasteiger partial charge in [-0.25, -0.2) is 0 Å². The van der Waals surface area contributed by atoms with E-state index in [-0.39, 0.29) is 10.6 Å². The molecule has 0 radical (unpaired) electrons. The first-order valence-electron chi connectivity index (χ1n) is 7.78. The van der Waals surface area contributed by atoms with Gasteiger partial charge in [0.25, 0.3) is 5.69 Å². The van der Waals surface area contributed by atoms with E-state index in [0.29, 0.717) is 6.04 Å². The average molecular weight is 355 g/mol. The minimum Gasteiger partial charge on any atom is -0.314 e. The summed E-state index contributed by atoms with van der Waals surface area (Å²) in [7, 11) is 0. The second kappa shape index (κ2) is 7.90. The van der Waals surface area contributed by atoms with Gasteiger partial charge < -0.3 is 5.32 Å². The Morgan fingerprint density at radius 2 is 2.14 bits per heavy atom. The Morgan fingerprint density at radius 3 is 2.76 bits per heavy atom. The standard InChI is InChI=1S/C16H23BrN2O2/c1-2-18-15(12-5-3-4-6-12)10-8-13-7-9-14(17)11-16(13)19(20)21/h7,9,11-12,15,18H,2-6,8,10H2,1H3. The van der Waals surface area contributed by atoms with E-state index in [2.05, 4.69) is 28.2 Å². The highest BCUT2D eigenvalue weighted by molar-refractivity contribution is 9.10. The fraction of sp³-hybridized carbons (Fsp3) is 0.625. The normalized spacial score (nSPS) is 17.0. The van der Waals surface area contributed by atoms with Crippen LogP contribution < -0.4 is 5.32 Å². The van der Waals surface area contributed by atoms with Crippen LogP contribution in [0.15, 0.2) is 22.7 Å². The largest absolute Gasteiger partial charge is 0.314 e. The molecule has 0 aromatic heterocycles. The van der Waals surface area contributed by atoms with Crippen molar-refractivity contribution in [1.29, 1.82) is 0 Å². The summed E-state index contributed by atoms with van der Waals surface area (Å²) in [5.74, 6) is 0.736. The summed E-state index contributed by atoms with van der Waals surface area (Å²) in [5, 5.41) is 14.7. The highest BCUT2D eigenvalue weighted by Crippen LogP contribution is 2.31. The van der Waals surface area contributed by atoms with E-state index in [0.717, 1.165) is 35.3 Å². The van der Waals surface area contributed by atoms with Crippen LogP contribution in [0.1, 0.15) is 44.6 Å². The second-order valence-electron chi connectivity index (χ2n) is 5.78. The molecular formula is C16H23BrN2O2. The molecule has 1 N–H and O–H groups in total. The van der Waals surface area contributed by atoms with Crippen LogP contribution in [0.25, 0.3) is 0 Å². The SMILES string of the molecule is CCNC(CCc1ccc(Br)cc1[N+](=O)[O-])C1CCCC1. The third-order valence-electron chi connectivity index (χ3n) is 4.40. The Labute approximate surface area is 134 Å². The number of aryl methyl sites for hydroxylation is 1. The molecule has 0 bridgehead atoms. The number of hydrogen-bond donors (Lipinski definition) is 1. The number of nitro benzene ring substituents is 1. The van der Waals surface area contributed by atoms with Crippen LogP contribution in [0.5, 0.6) is 0 Å². The molecule has 1 aromatic rings. The summed E-state index contributed by atoms with van der Waals surface area (Å²) in [6.07, 6.45) is 6.97. The van der Waals surface area contributed by atoms with Gasteiger partial charge in [-0.05, 0) is 44.2 Å². The molecule has 1 fully saturated rings. The van der Waals surface area contributed by atoms with Crippen molar-refractivity contribution in [3.05, 3.63) is 38.3 Å². The highest BCUT2D eigenvalue weighted by atomic mass is 79.9. The topological polar surface area (TPSA) is 55.2 Å². The number of hydrogen-bond acceptors (Lipinski definition) is 3. The van der Waals surface area contributed by atoms with Crippen molar-refractivity contribution < 1.29 is 4.92 Å². The number of benzene rings is 1. The van der Waals surface area contributed by atoms with Crippen LogP contribution in [0.3, 0.4) is 0 Å². The van der Waals surface area contributed by atoms with Gasteiger partial charge in [-0.1, -0.05) is 41.8 Å². The van der Waals surface area contributed by atoms with Gasteiger partial charge in [0.1, 0.15) is 0 Å². The molecule has 0 amide bonds. The van der Waals surface area contributed by atoms with E-state index in [4.69, 9.17) is 0 Å². The number of nitro groups is 1. The Morgan fingerprint density at radius 1 is 1.43 bits per heavy atom. The molecule has 1 aliphatic carbocycles. The van der Waals surface area contributed by atoms with Gasteiger partial charge in [0.05, 0.1) is 4.92 Å². The molecular weight excluding hydrogens is 332 g/mol. The monoisotopic (exact) mass is 354 g/mol. The van der Waals surface area contributed by atoms with Gasteiger partial charge in [-0.15, -0.1) is 0 Å². The molecule has 0 spiro atoms. The van der Waals surface area contributed by atoms with E-state index in [1.807, 2.05) is 12.1 Å². The van der Waals surface area contributed by atoms with Crippen LogP contribution >= 0.6 is 15.9 Å². The van der Waals surface area contributed by atoms with Crippen LogP contribution in [0.2, 0.25) is 0 Å². The molecule has 1 saturated carbocycles. The number of nitrogens with zero attached hydrogens (tertiary/aromatic N) is 1. The average Bonchev–Trinajstić information content (AvgIpc) is 2.98. The fourth-order valence-electron chi connectivity index (χ4n) is 3.36. The van der Waals surface area contributed by atoms with Gasteiger partial charge in [-0.2, -0.15) is 0 Å².